The van der Waals surface area contributed by atoms with Crippen LogP contribution in [0.2, 0.25) is 0 Å². The summed E-state index contributed by atoms with van der Waals surface area (Å²) in [7, 11) is 1.33. The number of amides is 1. The van der Waals surface area contributed by atoms with Crippen LogP contribution in [-0.2, 0) is 14.9 Å². The number of pyridine rings is 1. The van der Waals surface area contributed by atoms with Crippen molar-refractivity contribution in [1.82, 2.24) is 10.3 Å². The second-order valence-electron chi connectivity index (χ2n) is 13.0. The minimum Gasteiger partial charge on any atom is -0.494 e. The number of hydrogen-bond donors (Lipinski definition) is 1. The topological polar surface area (TPSA) is 86.8 Å². The van der Waals surface area contributed by atoms with Gasteiger partial charge in [0.05, 0.1) is 26.2 Å². The van der Waals surface area contributed by atoms with Gasteiger partial charge in [0.25, 0.3) is 5.91 Å². The number of carbonyl (C=O) groups excluding carboxylic acids is 2. The van der Waals surface area contributed by atoms with Gasteiger partial charge in [0.15, 0.2) is 0 Å². The van der Waals surface area contributed by atoms with E-state index in [9.17, 15) is 9.59 Å². The Morgan fingerprint density at radius 3 is 2.09 bits per heavy atom. The molecule has 0 aliphatic rings. The monoisotopic (exact) mass is 582 g/mol. The van der Waals surface area contributed by atoms with E-state index in [-0.39, 0.29) is 28.9 Å². The van der Waals surface area contributed by atoms with Gasteiger partial charge < -0.3 is 19.5 Å². The number of rotatable bonds is 10. The molecule has 0 spiro atoms. The Balaban J connectivity index is 1.45. The highest BCUT2D eigenvalue weighted by molar-refractivity contribution is 5.97. The maximum absolute atomic E-state index is 13.3. The summed E-state index contributed by atoms with van der Waals surface area (Å²) in [5, 5.41) is 4.64. The molecule has 1 aromatic heterocycles. The van der Waals surface area contributed by atoms with Gasteiger partial charge in [0.1, 0.15) is 22.9 Å². The molecule has 1 heterocycles. The number of fused-ring (bicyclic) bond motifs is 1. The van der Waals surface area contributed by atoms with Crippen LogP contribution in [0.5, 0.6) is 17.2 Å². The molecule has 4 aromatic rings. The van der Waals surface area contributed by atoms with E-state index in [4.69, 9.17) is 14.2 Å². The van der Waals surface area contributed by atoms with Crippen LogP contribution in [0.15, 0.2) is 79.0 Å². The molecule has 3 aromatic carbocycles. The van der Waals surface area contributed by atoms with Crippen LogP contribution >= 0.6 is 0 Å². The second kappa shape index (κ2) is 13.3. The third kappa shape index (κ3) is 9.05. The SMILES string of the molecule is COC(=O)CC(NC(=O)c1cc2ccc(Oc3ccc(C(C)(C)C)cc3)cc2cn1)c1ccc(OCCC(C)(C)C)cc1. The van der Waals surface area contributed by atoms with Gasteiger partial charge in [-0.1, -0.05) is 71.9 Å². The first-order valence-electron chi connectivity index (χ1n) is 14.6. The first-order valence-corrected chi connectivity index (χ1v) is 14.6. The lowest BCUT2D eigenvalue weighted by molar-refractivity contribution is -0.141. The second-order valence-corrected chi connectivity index (χ2v) is 13.0. The van der Waals surface area contributed by atoms with Gasteiger partial charge in [-0.15, -0.1) is 0 Å². The predicted molar refractivity (Wildman–Crippen MR) is 170 cm³/mol. The fraction of sp³-hybridized carbons (Fsp3) is 0.361. The molecule has 43 heavy (non-hydrogen) atoms. The Morgan fingerprint density at radius 2 is 1.47 bits per heavy atom. The molecule has 0 bridgehead atoms. The van der Waals surface area contributed by atoms with E-state index < -0.39 is 12.0 Å². The number of aromatic nitrogens is 1. The number of ether oxygens (including phenoxy) is 3. The van der Waals surface area contributed by atoms with Crippen molar-refractivity contribution < 1.29 is 23.8 Å². The minimum atomic E-state index is -0.596. The summed E-state index contributed by atoms with van der Waals surface area (Å²) in [4.78, 5) is 29.9. The van der Waals surface area contributed by atoms with Gasteiger partial charge in [-0.05, 0) is 76.2 Å². The molecule has 1 amide bonds. The minimum absolute atomic E-state index is 0.0164. The number of hydrogen-bond acceptors (Lipinski definition) is 6. The quantitative estimate of drug-likeness (QED) is 0.190. The number of nitrogens with one attached hydrogen (secondary N) is 1. The first-order chi connectivity index (χ1) is 20.3. The van der Waals surface area contributed by atoms with Crippen molar-refractivity contribution in [3.05, 3.63) is 95.8 Å². The Kier molecular flexibility index (Phi) is 9.74. The van der Waals surface area contributed by atoms with Crippen molar-refractivity contribution >= 4 is 22.6 Å². The number of benzene rings is 3. The summed E-state index contributed by atoms with van der Waals surface area (Å²) in [5.74, 6) is 1.34. The van der Waals surface area contributed by atoms with E-state index in [1.54, 1.807) is 12.3 Å². The molecule has 0 radical (unpaired) electrons. The van der Waals surface area contributed by atoms with E-state index in [0.29, 0.717) is 12.4 Å². The van der Waals surface area contributed by atoms with Crippen molar-refractivity contribution in [2.45, 2.75) is 65.8 Å². The van der Waals surface area contributed by atoms with E-state index in [0.717, 1.165) is 34.3 Å². The molecule has 0 saturated carbocycles. The molecule has 1 N–H and O–H groups in total. The Labute approximate surface area is 254 Å². The zero-order valence-corrected chi connectivity index (χ0v) is 26.2. The van der Waals surface area contributed by atoms with Gasteiger partial charge in [-0.25, -0.2) is 0 Å². The zero-order valence-electron chi connectivity index (χ0n) is 26.2. The number of nitrogens with zero attached hydrogens (tertiary/aromatic N) is 1. The summed E-state index contributed by atoms with van der Waals surface area (Å²) < 4.78 is 16.8. The number of methoxy groups -OCH3 is 1. The Hall–Kier alpha value is -4.39. The van der Waals surface area contributed by atoms with Crippen LogP contribution in [0, 0.1) is 5.41 Å². The zero-order chi connectivity index (χ0) is 31.2. The summed E-state index contributed by atoms with van der Waals surface area (Å²) in [5.41, 5.74) is 2.50. The average molecular weight is 583 g/mol. The summed E-state index contributed by atoms with van der Waals surface area (Å²) >= 11 is 0. The van der Waals surface area contributed by atoms with Crippen LogP contribution in [0.4, 0.5) is 0 Å². The number of carbonyl (C=O) groups is 2. The summed E-state index contributed by atoms with van der Waals surface area (Å²) in [6, 6.07) is 22.3. The smallest absolute Gasteiger partial charge is 0.307 e. The third-order valence-corrected chi connectivity index (χ3v) is 7.19. The Bertz CT molecular complexity index is 1550. The molecule has 0 saturated heterocycles. The van der Waals surface area contributed by atoms with Crippen LogP contribution in [0.25, 0.3) is 10.8 Å². The van der Waals surface area contributed by atoms with Crippen molar-refractivity contribution in [3.63, 3.8) is 0 Å². The van der Waals surface area contributed by atoms with E-state index in [1.807, 2.05) is 54.6 Å². The van der Waals surface area contributed by atoms with Gasteiger partial charge in [0.2, 0.25) is 0 Å². The lowest BCUT2D eigenvalue weighted by Gasteiger charge is -2.20. The van der Waals surface area contributed by atoms with Gasteiger partial charge in [-0.2, -0.15) is 0 Å². The average Bonchev–Trinajstić information content (AvgIpc) is 2.96. The Morgan fingerprint density at radius 1 is 0.814 bits per heavy atom. The normalized spacial score (nSPS) is 12.4. The van der Waals surface area contributed by atoms with Crippen molar-refractivity contribution in [2.75, 3.05) is 13.7 Å². The van der Waals surface area contributed by atoms with Crippen LogP contribution in [-0.4, -0.2) is 30.6 Å². The molecule has 1 atom stereocenters. The maximum Gasteiger partial charge on any atom is 0.307 e. The predicted octanol–water partition coefficient (Wildman–Crippen LogP) is 8.17. The molecule has 0 aliphatic carbocycles. The molecule has 226 valence electrons. The van der Waals surface area contributed by atoms with Crippen molar-refractivity contribution in [3.8, 4) is 17.2 Å². The molecular weight excluding hydrogens is 540 g/mol. The largest absolute Gasteiger partial charge is 0.494 e. The van der Waals surface area contributed by atoms with Crippen LogP contribution < -0.4 is 14.8 Å². The molecular formula is C36H42N2O5. The highest BCUT2D eigenvalue weighted by atomic mass is 16.5. The highest BCUT2D eigenvalue weighted by Crippen LogP contribution is 2.29. The summed E-state index contributed by atoms with van der Waals surface area (Å²) in [6.07, 6.45) is 2.56. The van der Waals surface area contributed by atoms with E-state index in [1.165, 1.54) is 12.7 Å². The van der Waals surface area contributed by atoms with Gasteiger partial charge >= 0.3 is 5.97 Å². The van der Waals surface area contributed by atoms with E-state index >= 15 is 0 Å². The van der Waals surface area contributed by atoms with Crippen LogP contribution in [0.1, 0.15) is 82.0 Å². The van der Waals surface area contributed by atoms with E-state index in [2.05, 4.69) is 64.0 Å². The fourth-order valence-electron chi connectivity index (χ4n) is 4.47. The number of esters is 1. The molecule has 7 nitrogen and oxygen atoms in total. The van der Waals surface area contributed by atoms with Crippen molar-refractivity contribution in [1.29, 1.82) is 0 Å². The van der Waals surface area contributed by atoms with Crippen LogP contribution in [0.3, 0.4) is 0 Å². The van der Waals surface area contributed by atoms with Gasteiger partial charge in [0, 0.05) is 11.6 Å². The summed E-state index contributed by atoms with van der Waals surface area (Å²) in [6.45, 7) is 13.6. The standard InChI is InChI=1S/C36H42N2O5/c1-35(2,3)18-19-42-28-13-8-24(9-14-28)31(22-33(39)41-7)38-34(40)32-21-25-10-15-30(20-26(25)23-37-32)43-29-16-11-27(12-17-29)36(4,5)6/h8-17,20-21,23,31H,18-19,22H2,1-7H3,(H,38,40). The lowest BCUT2D eigenvalue weighted by Crippen LogP contribution is -2.31. The highest BCUT2D eigenvalue weighted by Gasteiger charge is 2.21. The lowest BCUT2D eigenvalue weighted by atomic mass is 9.87. The van der Waals surface area contributed by atoms with Gasteiger partial charge in [-0.3, -0.25) is 14.6 Å². The fourth-order valence-corrected chi connectivity index (χ4v) is 4.47. The third-order valence-electron chi connectivity index (χ3n) is 7.19. The molecule has 0 aliphatic heterocycles. The maximum atomic E-state index is 13.3. The molecule has 7 heteroatoms. The van der Waals surface area contributed by atoms with Crippen molar-refractivity contribution in [2.24, 2.45) is 5.41 Å². The molecule has 4 rings (SSSR count). The first kappa shape index (κ1) is 31.5. The molecule has 1 unspecified atom stereocenters. The molecule has 0 fully saturated rings.